The third kappa shape index (κ3) is 2.61. The van der Waals surface area contributed by atoms with Crippen molar-refractivity contribution in [3.8, 4) is 0 Å². The van der Waals surface area contributed by atoms with Crippen molar-refractivity contribution in [1.29, 1.82) is 0 Å². The molecule has 0 spiro atoms. The van der Waals surface area contributed by atoms with Crippen LogP contribution in [0.25, 0.3) is 0 Å². The van der Waals surface area contributed by atoms with E-state index in [4.69, 9.17) is 5.73 Å². The zero-order valence-corrected chi connectivity index (χ0v) is 9.02. The van der Waals surface area contributed by atoms with Gasteiger partial charge in [-0.15, -0.1) is 0 Å². The van der Waals surface area contributed by atoms with Crippen LogP contribution >= 0.6 is 11.8 Å². The van der Waals surface area contributed by atoms with E-state index < -0.39 is 0 Å². The Labute approximate surface area is 83.4 Å². The number of carbonyl (C=O) groups excluding carboxylic acids is 1. The molecule has 0 aromatic heterocycles. The van der Waals surface area contributed by atoms with Crippen LogP contribution in [0.1, 0.15) is 19.8 Å². The molecule has 1 fully saturated rings. The Bertz CT molecular complexity index is 198. The predicted octanol–water partition coefficient (Wildman–Crippen LogP) is 1.02. The molecule has 0 aromatic rings. The van der Waals surface area contributed by atoms with Gasteiger partial charge in [0, 0.05) is 16.4 Å². The summed E-state index contributed by atoms with van der Waals surface area (Å²) in [5, 5.41) is 0.619. The minimum Gasteiger partial charge on any atom is -0.469 e. The second kappa shape index (κ2) is 4.33. The molecular weight excluding hydrogens is 186 g/mol. The quantitative estimate of drug-likeness (QED) is 0.696. The molecule has 0 radical (unpaired) electrons. The van der Waals surface area contributed by atoms with Gasteiger partial charge in [0.05, 0.1) is 13.5 Å². The SMILES string of the molecule is COC(=O)CC1(CN)CSC(C)C1. The number of nitrogens with two attached hydrogens (primary N) is 1. The number of methoxy groups -OCH3 is 1. The average Bonchev–Trinajstić information content (AvgIpc) is 2.48. The van der Waals surface area contributed by atoms with Crippen molar-refractivity contribution >= 4 is 17.7 Å². The lowest BCUT2D eigenvalue weighted by Crippen LogP contribution is -2.33. The van der Waals surface area contributed by atoms with Gasteiger partial charge >= 0.3 is 5.97 Å². The molecule has 76 valence electrons. The Balaban J connectivity index is 2.55. The first-order valence-corrected chi connectivity index (χ1v) is 5.55. The molecule has 1 heterocycles. The molecule has 1 rings (SSSR count). The molecule has 13 heavy (non-hydrogen) atoms. The number of rotatable bonds is 3. The second-order valence-corrected chi connectivity index (χ2v) is 5.21. The van der Waals surface area contributed by atoms with Gasteiger partial charge < -0.3 is 10.5 Å². The number of esters is 1. The fourth-order valence-electron chi connectivity index (χ4n) is 1.76. The van der Waals surface area contributed by atoms with E-state index in [2.05, 4.69) is 11.7 Å². The molecule has 4 heteroatoms. The Kier molecular flexibility index (Phi) is 3.62. The Morgan fingerprint density at radius 2 is 2.46 bits per heavy atom. The summed E-state index contributed by atoms with van der Waals surface area (Å²) >= 11 is 1.89. The molecule has 0 amide bonds. The molecular formula is C9H17NO2S. The smallest absolute Gasteiger partial charge is 0.306 e. The molecule has 2 N–H and O–H groups in total. The first-order chi connectivity index (χ1) is 6.12. The maximum atomic E-state index is 11.2. The summed E-state index contributed by atoms with van der Waals surface area (Å²) in [7, 11) is 1.43. The van der Waals surface area contributed by atoms with Crippen LogP contribution in [-0.2, 0) is 9.53 Å². The van der Waals surface area contributed by atoms with Gasteiger partial charge in [-0.1, -0.05) is 6.92 Å². The van der Waals surface area contributed by atoms with E-state index >= 15 is 0 Å². The van der Waals surface area contributed by atoms with Crippen LogP contribution in [0.15, 0.2) is 0 Å². The lowest BCUT2D eigenvalue weighted by atomic mass is 9.82. The number of carbonyl (C=O) groups is 1. The lowest BCUT2D eigenvalue weighted by molar-refractivity contribution is -0.142. The average molecular weight is 203 g/mol. The van der Waals surface area contributed by atoms with E-state index in [1.54, 1.807) is 0 Å². The minimum atomic E-state index is -0.139. The van der Waals surface area contributed by atoms with Crippen molar-refractivity contribution in [3.05, 3.63) is 0 Å². The van der Waals surface area contributed by atoms with Gasteiger partial charge in [0.1, 0.15) is 0 Å². The second-order valence-electron chi connectivity index (χ2n) is 3.78. The van der Waals surface area contributed by atoms with Crippen LogP contribution in [0, 0.1) is 5.41 Å². The van der Waals surface area contributed by atoms with Crippen LogP contribution in [-0.4, -0.2) is 30.6 Å². The first kappa shape index (κ1) is 10.9. The molecule has 0 aliphatic carbocycles. The maximum absolute atomic E-state index is 11.2. The molecule has 1 saturated heterocycles. The lowest BCUT2D eigenvalue weighted by Gasteiger charge is -2.24. The van der Waals surface area contributed by atoms with E-state index in [9.17, 15) is 4.79 Å². The fourth-order valence-corrected chi connectivity index (χ4v) is 3.21. The van der Waals surface area contributed by atoms with Crippen molar-refractivity contribution < 1.29 is 9.53 Å². The monoisotopic (exact) mass is 203 g/mol. The van der Waals surface area contributed by atoms with Crippen molar-refractivity contribution in [1.82, 2.24) is 0 Å². The molecule has 2 atom stereocenters. The number of hydrogen-bond donors (Lipinski definition) is 1. The molecule has 1 aliphatic heterocycles. The number of hydrogen-bond acceptors (Lipinski definition) is 4. The van der Waals surface area contributed by atoms with Crippen LogP contribution in [0.3, 0.4) is 0 Å². The fraction of sp³-hybridized carbons (Fsp3) is 0.889. The van der Waals surface area contributed by atoms with Gasteiger partial charge in [-0.2, -0.15) is 11.8 Å². The standard InChI is InChI=1S/C9H17NO2S/c1-7-3-9(5-10,6-13-7)4-8(11)12-2/h7H,3-6,10H2,1-2H3. The van der Waals surface area contributed by atoms with Crippen LogP contribution in [0.4, 0.5) is 0 Å². The molecule has 3 nitrogen and oxygen atoms in total. The van der Waals surface area contributed by atoms with Gasteiger partial charge in [-0.05, 0) is 13.0 Å². The summed E-state index contributed by atoms with van der Waals surface area (Å²) in [6, 6.07) is 0. The summed E-state index contributed by atoms with van der Waals surface area (Å²) in [5.41, 5.74) is 5.71. The molecule has 2 unspecified atom stereocenters. The first-order valence-electron chi connectivity index (χ1n) is 4.50. The van der Waals surface area contributed by atoms with Crippen molar-refractivity contribution in [3.63, 3.8) is 0 Å². The van der Waals surface area contributed by atoms with E-state index in [0.29, 0.717) is 18.2 Å². The summed E-state index contributed by atoms with van der Waals surface area (Å²) < 4.78 is 4.67. The molecule has 0 bridgehead atoms. The van der Waals surface area contributed by atoms with Crippen LogP contribution in [0.5, 0.6) is 0 Å². The third-order valence-electron chi connectivity index (χ3n) is 2.57. The number of ether oxygens (including phenoxy) is 1. The molecule has 1 aliphatic rings. The van der Waals surface area contributed by atoms with Crippen molar-refractivity contribution in [2.24, 2.45) is 11.1 Å². The van der Waals surface area contributed by atoms with Gasteiger partial charge in [-0.3, -0.25) is 4.79 Å². The molecule has 0 saturated carbocycles. The highest BCUT2D eigenvalue weighted by Crippen LogP contribution is 2.42. The molecule has 0 aromatic carbocycles. The van der Waals surface area contributed by atoms with E-state index in [1.165, 1.54) is 7.11 Å². The van der Waals surface area contributed by atoms with Crippen LogP contribution < -0.4 is 5.73 Å². The van der Waals surface area contributed by atoms with Gasteiger partial charge in [0.2, 0.25) is 0 Å². The highest BCUT2D eigenvalue weighted by atomic mass is 32.2. The minimum absolute atomic E-state index is 0.00280. The van der Waals surface area contributed by atoms with Gasteiger partial charge in [0.15, 0.2) is 0 Å². The van der Waals surface area contributed by atoms with E-state index in [1.807, 2.05) is 11.8 Å². The Morgan fingerprint density at radius 1 is 1.77 bits per heavy atom. The topological polar surface area (TPSA) is 52.3 Å². The van der Waals surface area contributed by atoms with E-state index in [-0.39, 0.29) is 11.4 Å². The number of thioether (sulfide) groups is 1. The van der Waals surface area contributed by atoms with Crippen molar-refractivity contribution in [2.75, 3.05) is 19.4 Å². The Hall–Kier alpha value is -0.220. The Morgan fingerprint density at radius 3 is 2.85 bits per heavy atom. The highest BCUT2D eigenvalue weighted by Gasteiger charge is 2.38. The highest BCUT2D eigenvalue weighted by molar-refractivity contribution is 8.00. The van der Waals surface area contributed by atoms with Crippen molar-refractivity contribution in [2.45, 2.75) is 25.0 Å². The van der Waals surface area contributed by atoms with Gasteiger partial charge in [-0.25, -0.2) is 0 Å². The summed E-state index contributed by atoms with van der Waals surface area (Å²) in [4.78, 5) is 11.2. The summed E-state index contributed by atoms with van der Waals surface area (Å²) in [6.07, 6.45) is 1.50. The summed E-state index contributed by atoms with van der Waals surface area (Å²) in [5.74, 6) is 0.847. The summed E-state index contributed by atoms with van der Waals surface area (Å²) in [6.45, 7) is 2.76. The third-order valence-corrected chi connectivity index (χ3v) is 4.09. The largest absolute Gasteiger partial charge is 0.469 e. The predicted molar refractivity (Wildman–Crippen MR) is 54.7 cm³/mol. The maximum Gasteiger partial charge on any atom is 0.306 e. The zero-order valence-electron chi connectivity index (χ0n) is 8.21. The zero-order chi connectivity index (χ0) is 9.90. The van der Waals surface area contributed by atoms with Gasteiger partial charge in [0.25, 0.3) is 0 Å². The van der Waals surface area contributed by atoms with Crippen LogP contribution in [0.2, 0.25) is 0 Å². The normalized spacial score (nSPS) is 33.3. The van der Waals surface area contributed by atoms with E-state index in [0.717, 1.165) is 12.2 Å².